The lowest BCUT2D eigenvalue weighted by Gasteiger charge is -2.10. The summed E-state index contributed by atoms with van der Waals surface area (Å²) in [6, 6.07) is 15.9. The summed E-state index contributed by atoms with van der Waals surface area (Å²) in [5.41, 5.74) is 1.68. The monoisotopic (exact) mass is 403 g/mol. The smallest absolute Gasteiger partial charge is 0.240 e. The molecule has 2 aromatic rings. The van der Waals surface area contributed by atoms with E-state index in [1.807, 2.05) is 30.3 Å². The first-order valence-corrected chi connectivity index (χ1v) is 10.6. The molecule has 1 aliphatic carbocycles. The van der Waals surface area contributed by atoms with Gasteiger partial charge in [-0.25, -0.2) is 13.1 Å². The zero-order chi connectivity index (χ0) is 19.3. The lowest BCUT2D eigenvalue weighted by atomic mass is 10.2. The third kappa shape index (κ3) is 5.85. The van der Waals surface area contributed by atoms with Gasteiger partial charge in [0.25, 0.3) is 0 Å². The predicted molar refractivity (Wildman–Crippen MR) is 109 cm³/mol. The SMILES string of the molecule is O=C(NC(=S)Nc1ccc(S(=O)(=O)NCCc2ccccc2)cc1)C1CC1. The normalized spacial score (nSPS) is 13.8. The number of hydrogen-bond donors (Lipinski definition) is 3. The molecule has 0 aromatic heterocycles. The van der Waals surface area contributed by atoms with Crippen molar-refractivity contribution >= 4 is 38.9 Å². The summed E-state index contributed by atoms with van der Waals surface area (Å²) < 4.78 is 27.3. The Morgan fingerprint density at radius 2 is 1.70 bits per heavy atom. The molecule has 0 heterocycles. The van der Waals surface area contributed by atoms with Gasteiger partial charge in [-0.3, -0.25) is 4.79 Å². The second kappa shape index (κ2) is 8.60. The summed E-state index contributed by atoms with van der Waals surface area (Å²) in [4.78, 5) is 11.8. The Morgan fingerprint density at radius 3 is 2.33 bits per heavy atom. The van der Waals surface area contributed by atoms with Crippen LogP contribution in [0.25, 0.3) is 0 Å². The van der Waals surface area contributed by atoms with Gasteiger partial charge in [0.2, 0.25) is 15.9 Å². The molecule has 3 rings (SSSR count). The van der Waals surface area contributed by atoms with Crippen LogP contribution in [0.2, 0.25) is 0 Å². The van der Waals surface area contributed by atoms with E-state index in [0.29, 0.717) is 18.7 Å². The van der Waals surface area contributed by atoms with Gasteiger partial charge < -0.3 is 10.6 Å². The largest absolute Gasteiger partial charge is 0.332 e. The first kappa shape index (κ1) is 19.5. The average Bonchev–Trinajstić information content (AvgIpc) is 3.48. The molecule has 1 fully saturated rings. The van der Waals surface area contributed by atoms with Crippen molar-refractivity contribution in [2.45, 2.75) is 24.2 Å². The molecule has 142 valence electrons. The highest BCUT2D eigenvalue weighted by molar-refractivity contribution is 7.89. The quantitative estimate of drug-likeness (QED) is 0.618. The first-order chi connectivity index (χ1) is 12.9. The molecule has 0 saturated heterocycles. The van der Waals surface area contributed by atoms with Crippen LogP contribution in [0.1, 0.15) is 18.4 Å². The Balaban J connectivity index is 1.52. The van der Waals surface area contributed by atoms with Crippen LogP contribution in [-0.2, 0) is 21.2 Å². The van der Waals surface area contributed by atoms with Crippen molar-refractivity contribution in [1.82, 2.24) is 10.0 Å². The second-order valence-corrected chi connectivity index (χ2v) is 8.55. The van der Waals surface area contributed by atoms with Crippen LogP contribution in [0.15, 0.2) is 59.5 Å². The van der Waals surface area contributed by atoms with Crippen molar-refractivity contribution in [1.29, 1.82) is 0 Å². The van der Waals surface area contributed by atoms with Crippen LogP contribution in [-0.4, -0.2) is 26.0 Å². The molecule has 3 N–H and O–H groups in total. The Morgan fingerprint density at radius 1 is 1.04 bits per heavy atom. The van der Waals surface area contributed by atoms with Crippen LogP contribution in [0.5, 0.6) is 0 Å². The van der Waals surface area contributed by atoms with Crippen molar-refractivity contribution in [2.24, 2.45) is 5.92 Å². The number of hydrogen-bond acceptors (Lipinski definition) is 4. The van der Waals surface area contributed by atoms with Crippen molar-refractivity contribution in [3.05, 3.63) is 60.2 Å². The minimum Gasteiger partial charge on any atom is -0.332 e. The maximum absolute atomic E-state index is 12.4. The summed E-state index contributed by atoms with van der Waals surface area (Å²) in [5, 5.41) is 5.72. The van der Waals surface area contributed by atoms with E-state index in [-0.39, 0.29) is 21.8 Å². The molecule has 1 aliphatic rings. The summed E-state index contributed by atoms with van der Waals surface area (Å²) in [7, 11) is -3.58. The fourth-order valence-corrected chi connectivity index (χ4v) is 3.75. The molecule has 1 amide bonds. The molecular formula is C19H21N3O3S2. The number of carbonyl (C=O) groups is 1. The van der Waals surface area contributed by atoms with Crippen LogP contribution < -0.4 is 15.4 Å². The van der Waals surface area contributed by atoms with Gasteiger partial charge in [0, 0.05) is 18.2 Å². The number of rotatable bonds is 7. The lowest BCUT2D eigenvalue weighted by Crippen LogP contribution is -2.35. The Hall–Kier alpha value is -2.29. The highest BCUT2D eigenvalue weighted by atomic mass is 32.2. The van der Waals surface area contributed by atoms with E-state index in [0.717, 1.165) is 18.4 Å². The molecule has 0 radical (unpaired) electrons. The van der Waals surface area contributed by atoms with Crippen molar-refractivity contribution < 1.29 is 13.2 Å². The number of carbonyl (C=O) groups excluding carboxylic acids is 1. The number of benzene rings is 2. The molecule has 0 aliphatic heterocycles. The van der Waals surface area contributed by atoms with Crippen molar-refractivity contribution in [3.63, 3.8) is 0 Å². The first-order valence-electron chi connectivity index (χ1n) is 8.69. The third-order valence-corrected chi connectivity index (χ3v) is 5.84. The average molecular weight is 404 g/mol. The van der Waals surface area contributed by atoms with Gasteiger partial charge in [-0.15, -0.1) is 0 Å². The maximum Gasteiger partial charge on any atom is 0.240 e. The van der Waals surface area contributed by atoms with Gasteiger partial charge in [0.1, 0.15) is 0 Å². The fraction of sp³-hybridized carbons (Fsp3) is 0.263. The molecule has 1 saturated carbocycles. The maximum atomic E-state index is 12.4. The standard InChI is InChI=1S/C19H21N3O3S2/c23-18(15-6-7-15)22-19(26)21-16-8-10-17(11-9-16)27(24,25)20-13-12-14-4-2-1-3-5-14/h1-5,8-11,15,20H,6-7,12-13H2,(H2,21,22,23,26). The van der Waals surface area contributed by atoms with Gasteiger partial charge in [0.15, 0.2) is 5.11 Å². The van der Waals surface area contributed by atoms with Crippen LogP contribution >= 0.6 is 12.2 Å². The van der Waals surface area contributed by atoms with Crippen LogP contribution in [0.3, 0.4) is 0 Å². The molecule has 0 atom stereocenters. The van der Waals surface area contributed by atoms with Gasteiger partial charge in [-0.1, -0.05) is 30.3 Å². The number of anilines is 1. The van der Waals surface area contributed by atoms with Gasteiger partial charge >= 0.3 is 0 Å². The van der Waals surface area contributed by atoms with E-state index in [4.69, 9.17) is 12.2 Å². The highest BCUT2D eigenvalue weighted by Crippen LogP contribution is 2.28. The number of amides is 1. The molecule has 0 unspecified atom stereocenters. The summed E-state index contributed by atoms with van der Waals surface area (Å²) in [6.07, 6.45) is 2.42. The molecular weight excluding hydrogens is 382 g/mol. The van der Waals surface area contributed by atoms with E-state index in [1.54, 1.807) is 12.1 Å². The van der Waals surface area contributed by atoms with Gasteiger partial charge in [0.05, 0.1) is 4.90 Å². The van der Waals surface area contributed by atoms with E-state index in [1.165, 1.54) is 12.1 Å². The molecule has 2 aromatic carbocycles. The Kier molecular flexibility index (Phi) is 6.20. The summed E-state index contributed by atoms with van der Waals surface area (Å²) in [5.74, 6) is -0.00598. The molecule has 0 spiro atoms. The lowest BCUT2D eigenvalue weighted by molar-refractivity contribution is -0.120. The van der Waals surface area contributed by atoms with Gasteiger partial charge in [-0.05, 0) is 61.3 Å². The molecule has 0 bridgehead atoms. The van der Waals surface area contributed by atoms with E-state index < -0.39 is 10.0 Å². The van der Waals surface area contributed by atoms with E-state index in [2.05, 4.69) is 15.4 Å². The van der Waals surface area contributed by atoms with Crippen LogP contribution in [0.4, 0.5) is 5.69 Å². The third-order valence-electron chi connectivity index (χ3n) is 4.16. The minimum atomic E-state index is -3.58. The van der Waals surface area contributed by atoms with Gasteiger partial charge in [-0.2, -0.15) is 0 Å². The van der Waals surface area contributed by atoms with E-state index >= 15 is 0 Å². The predicted octanol–water partition coefficient (Wildman–Crippen LogP) is 2.43. The second-order valence-electron chi connectivity index (χ2n) is 6.38. The summed E-state index contributed by atoms with van der Waals surface area (Å²) >= 11 is 5.10. The van der Waals surface area contributed by atoms with Crippen molar-refractivity contribution in [3.8, 4) is 0 Å². The number of nitrogens with one attached hydrogen (secondary N) is 3. The molecule has 8 heteroatoms. The fourth-order valence-electron chi connectivity index (χ4n) is 2.50. The summed E-state index contributed by atoms with van der Waals surface area (Å²) in [6.45, 7) is 0.323. The number of thiocarbonyl (C=S) groups is 1. The van der Waals surface area contributed by atoms with Crippen molar-refractivity contribution in [2.75, 3.05) is 11.9 Å². The molecule has 6 nitrogen and oxygen atoms in total. The zero-order valence-electron chi connectivity index (χ0n) is 14.6. The number of sulfonamides is 1. The Bertz CT molecular complexity index is 909. The molecule has 27 heavy (non-hydrogen) atoms. The highest BCUT2D eigenvalue weighted by Gasteiger charge is 2.30. The van der Waals surface area contributed by atoms with E-state index in [9.17, 15) is 13.2 Å². The zero-order valence-corrected chi connectivity index (χ0v) is 16.3. The minimum absolute atomic E-state index is 0.0687. The Labute approximate surface area is 164 Å². The van der Waals surface area contributed by atoms with Crippen LogP contribution in [0, 0.1) is 5.92 Å². The topological polar surface area (TPSA) is 87.3 Å².